The van der Waals surface area contributed by atoms with Crippen molar-refractivity contribution in [1.82, 2.24) is 9.97 Å². The topological polar surface area (TPSA) is 28.7 Å². The predicted octanol–water partition coefficient (Wildman–Crippen LogP) is 3.59. The molecule has 0 aliphatic rings. The first kappa shape index (κ1) is 10.6. The molecule has 0 saturated heterocycles. The molecule has 0 aliphatic heterocycles. The van der Waals surface area contributed by atoms with Gasteiger partial charge in [0.2, 0.25) is 0 Å². The third kappa shape index (κ3) is 2.36. The van der Waals surface area contributed by atoms with Crippen molar-refractivity contribution in [3.8, 4) is 11.4 Å². The molecule has 0 bridgehead atoms. The molecule has 1 aromatic heterocycles. The van der Waals surface area contributed by atoms with Crippen molar-refractivity contribution in [2.75, 3.05) is 6.26 Å². The van der Waals surface area contributed by atoms with Crippen LogP contribution >= 0.6 is 23.4 Å². The average Bonchev–Trinajstić information content (AvgIpc) is 2.71. The Morgan fingerprint density at radius 3 is 3.00 bits per heavy atom. The molecule has 1 N–H and O–H groups in total. The van der Waals surface area contributed by atoms with Crippen LogP contribution in [0.25, 0.3) is 11.4 Å². The molecule has 0 atom stereocenters. The third-order valence-electron chi connectivity index (χ3n) is 2.12. The number of imidazole rings is 1. The number of aromatic nitrogens is 2. The van der Waals surface area contributed by atoms with Gasteiger partial charge in [0, 0.05) is 28.7 Å². The summed E-state index contributed by atoms with van der Waals surface area (Å²) in [6, 6.07) is 5.89. The zero-order chi connectivity index (χ0) is 10.7. The summed E-state index contributed by atoms with van der Waals surface area (Å²) in [4.78, 5) is 7.36. The lowest BCUT2D eigenvalue weighted by Crippen LogP contribution is -1.89. The van der Waals surface area contributed by atoms with Crippen molar-refractivity contribution < 1.29 is 0 Å². The molecular formula is C11H11ClN2S. The first-order valence-electron chi connectivity index (χ1n) is 4.58. The maximum atomic E-state index is 5.97. The highest BCUT2D eigenvalue weighted by Crippen LogP contribution is 2.26. The summed E-state index contributed by atoms with van der Waals surface area (Å²) in [5.74, 6) is 1.84. The molecule has 0 radical (unpaired) electrons. The fourth-order valence-electron chi connectivity index (χ4n) is 1.48. The van der Waals surface area contributed by atoms with Crippen LogP contribution in [0.4, 0.5) is 0 Å². The Kier molecular flexibility index (Phi) is 3.34. The number of hydrogen-bond acceptors (Lipinski definition) is 2. The van der Waals surface area contributed by atoms with Crippen LogP contribution in [-0.4, -0.2) is 16.2 Å². The highest BCUT2D eigenvalue weighted by molar-refractivity contribution is 7.97. The van der Waals surface area contributed by atoms with Crippen molar-refractivity contribution in [2.24, 2.45) is 0 Å². The van der Waals surface area contributed by atoms with E-state index in [2.05, 4.69) is 16.2 Å². The van der Waals surface area contributed by atoms with Crippen molar-refractivity contribution in [3.63, 3.8) is 0 Å². The van der Waals surface area contributed by atoms with Crippen LogP contribution in [0.1, 0.15) is 5.56 Å². The number of H-pyrrole nitrogens is 1. The van der Waals surface area contributed by atoms with E-state index in [1.165, 1.54) is 5.56 Å². The number of aromatic amines is 1. The number of thioether (sulfide) groups is 1. The average molecular weight is 239 g/mol. The summed E-state index contributed by atoms with van der Waals surface area (Å²) in [5.41, 5.74) is 2.34. The minimum Gasteiger partial charge on any atom is -0.345 e. The van der Waals surface area contributed by atoms with Crippen molar-refractivity contribution >= 4 is 23.4 Å². The third-order valence-corrected chi connectivity index (χ3v) is 2.96. The Bertz CT molecular complexity index is 440. The fourth-order valence-corrected chi connectivity index (χ4v) is 2.23. The van der Waals surface area contributed by atoms with Gasteiger partial charge in [-0.1, -0.05) is 11.6 Å². The number of nitrogens with one attached hydrogen (secondary N) is 1. The Morgan fingerprint density at radius 2 is 2.33 bits per heavy atom. The molecule has 2 nitrogen and oxygen atoms in total. The predicted molar refractivity (Wildman–Crippen MR) is 66.3 cm³/mol. The van der Waals surface area contributed by atoms with Gasteiger partial charge in [0.05, 0.1) is 0 Å². The van der Waals surface area contributed by atoms with E-state index in [-0.39, 0.29) is 0 Å². The van der Waals surface area contributed by atoms with Gasteiger partial charge in [-0.3, -0.25) is 0 Å². The Labute approximate surface area is 98.1 Å². The van der Waals surface area contributed by atoms with Gasteiger partial charge in [0.25, 0.3) is 0 Å². The van der Waals surface area contributed by atoms with Gasteiger partial charge in [-0.15, -0.1) is 0 Å². The minimum absolute atomic E-state index is 0.773. The smallest absolute Gasteiger partial charge is 0.137 e. The van der Waals surface area contributed by atoms with Crippen molar-refractivity contribution in [2.45, 2.75) is 5.75 Å². The van der Waals surface area contributed by atoms with Gasteiger partial charge in [-0.25, -0.2) is 4.98 Å². The standard InChI is InChI=1S/C11H11ClN2S/c1-15-7-8-6-9(12)2-3-10(8)11-13-4-5-14-11/h2-6H,7H2,1H3,(H,13,14). The lowest BCUT2D eigenvalue weighted by molar-refractivity contribution is 1.28. The second-order valence-corrected chi connectivity index (χ2v) is 4.47. The summed E-state index contributed by atoms with van der Waals surface area (Å²) in [5, 5.41) is 0.773. The molecule has 0 aliphatic carbocycles. The number of nitrogens with zero attached hydrogens (tertiary/aromatic N) is 1. The van der Waals surface area contributed by atoms with E-state index in [0.717, 1.165) is 22.2 Å². The molecule has 0 fully saturated rings. The fraction of sp³-hybridized carbons (Fsp3) is 0.182. The first-order valence-corrected chi connectivity index (χ1v) is 6.35. The van der Waals surface area contributed by atoms with Crippen LogP contribution in [0.3, 0.4) is 0 Å². The monoisotopic (exact) mass is 238 g/mol. The summed E-state index contributed by atoms with van der Waals surface area (Å²) < 4.78 is 0. The quantitative estimate of drug-likeness (QED) is 0.885. The highest BCUT2D eigenvalue weighted by atomic mass is 35.5. The van der Waals surface area contributed by atoms with Crippen molar-refractivity contribution in [3.05, 3.63) is 41.2 Å². The number of rotatable bonds is 3. The van der Waals surface area contributed by atoms with Gasteiger partial charge in [0.1, 0.15) is 5.82 Å². The van der Waals surface area contributed by atoms with Gasteiger partial charge >= 0.3 is 0 Å². The molecule has 1 aromatic carbocycles. The second-order valence-electron chi connectivity index (χ2n) is 3.17. The Hall–Kier alpha value is -0.930. The summed E-state index contributed by atoms with van der Waals surface area (Å²) >= 11 is 7.75. The molecule has 0 amide bonds. The molecular weight excluding hydrogens is 228 g/mol. The van der Waals surface area contributed by atoms with Crippen LogP contribution in [0.15, 0.2) is 30.6 Å². The van der Waals surface area contributed by atoms with Crippen LogP contribution in [-0.2, 0) is 5.75 Å². The summed E-state index contributed by atoms with van der Waals surface area (Å²) in [6.45, 7) is 0. The van der Waals surface area contributed by atoms with Crippen molar-refractivity contribution in [1.29, 1.82) is 0 Å². The molecule has 0 saturated carbocycles. The normalized spacial score (nSPS) is 10.5. The molecule has 15 heavy (non-hydrogen) atoms. The molecule has 2 aromatic rings. The van der Waals surface area contributed by atoms with E-state index in [0.29, 0.717) is 0 Å². The zero-order valence-corrected chi connectivity index (χ0v) is 9.90. The first-order chi connectivity index (χ1) is 7.31. The molecule has 1 heterocycles. The zero-order valence-electron chi connectivity index (χ0n) is 8.33. The Morgan fingerprint density at radius 1 is 1.47 bits per heavy atom. The molecule has 2 rings (SSSR count). The van der Waals surface area contributed by atoms with E-state index in [1.807, 2.05) is 24.4 Å². The highest BCUT2D eigenvalue weighted by Gasteiger charge is 2.07. The van der Waals surface area contributed by atoms with Gasteiger partial charge in [0.15, 0.2) is 0 Å². The number of hydrogen-bond donors (Lipinski definition) is 1. The molecule has 78 valence electrons. The van der Waals surface area contributed by atoms with Crippen LogP contribution in [0.2, 0.25) is 5.02 Å². The van der Waals surface area contributed by atoms with E-state index < -0.39 is 0 Å². The van der Waals surface area contributed by atoms with Gasteiger partial charge < -0.3 is 4.98 Å². The largest absolute Gasteiger partial charge is 0.345 e. The summed E-state index contributed by atoms with van der Waals surface area (Å²) in [6.07, 6.45) is 5.66. The lowest BCUT2D eigenvalue weighted by Gasteiger charge is -2.06. The van der Waals surface area contributed by atoms with E-state index in [1.54, 1.807) is 18.0 Å². The summed E-state index contributed by atoms with van der Waals surface area (Å²) in [7, 11) is 0. The molecule has 0 spiro atoms. The maximum Gasteiger partial charge on any atom is 0.137 e. The van der Waals surface area contributed by atoms with E-state index >= 15 is 0 Å². The van der Waals surface area contributed by atoms with Gasteiger partial charge in [-0.05, 0) is 30.0 Å². The minimum atomic E-state index is 0.773. The maximum absolute atomic E-state index is 5.97. The van der Waals surface area contributed by atoms with Crippen LogP contribution in [0, 0.1) is 0 Å². The lowest BCUT2D eigenvalue weighted by atomic mass is 10.1. The Balaban J connectivity index is 2.46. The number of halogens is 1. The number of benzene rings is 1. The molecule has 4 heteroatoms. The van der Waals surface area contributed by atoms with E-state index in [9.17, 15) is 0 Å². The van der Waals surface area contributed by atoms with Crippen LogP contribution < -0.4 is 0 Å². The second kappa shape index (κ2) is 4.73. The van der Waals surface area contributed by atoms with Crippen LogP contribution in [0.5, 0.6) is 0 Å². The SMILES string of the molecule is CSCc1cc(Cl)ccc1-c1ncc[nH]1. The van der Waals surface area contributed by atoms with E-state index in [4.69, 9.17) is 11.6 Å². The molecule has 0 unspecified atom stereocenters. The van der Waals surface area contributed by atoms with Gasteiger partial charge in [-0.2, -0.15) is 11.8 Å².